The molecule has 0 atom stereocenters. The maximum Gasteiger partial charge on any atom is 0.135 e. The van der Waals surface area contributed by atoms with Crippen LogP contribution in [0, 0.1) is 5.92 Å². The first-order valence-electron chi connectivity index (χ1n) is 4.41. The Labute approximate surface area is 71.7 Å². The van der Waals surface area contributed by atoms with Crippen LogP contribution in [0.15, 0.2) is 0 Å². The van der Waals surface area contributed by atoms with E-state index in [1.54, 1.807) is 0 Å². The quantitative estimate of drug-likeness (QED) is 0.687. The van der Waals surface area contributed by atoms with Gasteiger partial charge in [-0.1, -0.05) is 27.7 Å². The summed E-state index contributed by atoms with van der Waals surface area (Å²) in [5.41, 5.74) is 5.22. The predicted molar refractivity (Wildman–Crippen MR) is 51.6 cm³/mol. The molecule has 0 heterocycles. The lowest BCUT2D eigenvalue weighted by Crippen LogP contribution is -2.09. The van der Waals surface area contributed by atoms with Gasteiger partial charge in [-0.25, -0.2) is 0 Å². The second-order valence-electron chi connectivity index (χ2n) is 2.51. The molecule has 0 unspecified atom stereocenters. The van der Waals surface area contributed by atoms with Crippen LogP contribution in [-0.4, -0.2) is 12.3 Å². The summed E-state index contributed by atoms with van der Waals surface area (Å²) in [6, 6.07) is 0. The van der Waals surface area contributed by atoms with E-state index in [0.717, 1.165) is 6.42 Å². The van der Waals surface area contributed by atoms with Crippen molar-refractivity contribution in [2.45, 2.75) is 40.5 Å². The Morgan fingerprint density at radius 1 is 1.45 bits per heavy atom. The molecule has 70 valence electrons. The summed E-state index contributed by atoms with van der Waals surface area (Å²) in [5.74, 6) is 0.497. The lowest BCUT2D eigenvalue weighted by molar-refractivity contribution is -0.121. The maximum absolute atomic E-state index is 10.8. The molecule has 0 bridgehead atoms. The number of hydrogen-bond acceptors (Lipinski definition) is 2. The molecule has 0 radical (unpaired) electrons. The van der Waals surface area contributed by atoms with Crippen LogP contribution in [-0.2, 0) is 4.79 Å². The Morgan fingerprint density at radius 3 is 2.18 bits per heavy atom. The van der Waals surface area contributed by atoms with Gasteiger partial charge in [0, 0.05) is 13.8 Å². The fourth-order valence-corrected chi connectivity index (χ4v) is 0.565. The smallest absolute Gasteiger partial charge is 0.135 e. The Morgan fingerprint density at radius 2 is 1.91 bits per heavy atom. The number of ketones is 1. The van der Waals surface area contributed by atoms with E-state index >= 15 is 0 Å². The zero-order chi connectivity index (χ0) is 9.28. The van der Waals surface area contributed by atoms with E-state index in [4.69, 9.17) is 5.73 Å². The summed E-state index contributed by atoms with van der Waals surface area (Å²) in [6.45, 7) is 8.45. The van der Waals surface area contributed by atoms with Gasteiger partial charge < -0.3 is 5.73 Å². The average molecular weight is 161 g/mol. The standard InChI is InChI=1S/C7H15NO.C2H6.H2/c1-6(2)7(9)4-3-5-8;1-2;/h6H,3-5,8H2,1-2H3;1-2H3;1H. The first kappa shape index (κ1) is 13.2. The molecule has 0 saturated carbocycles. The van der Waals surface area contributed by atoms with Gasteiger partial charge in [-0.05, 0) is 13.0 Å². The monoisotopic (exact) mass is 161 g/mol. The van der Waals surface area contributed by atoms with Gasteiger partial charge in [0.15, 0.2) is 0 Å². The number of carbonyl (C=O) groups excluding carboxylic acids is 1. The molecule has 2 N–H and O–H groups in total. The third kappa shape index (κ3) is 9.63. The average Bonchev–Trinajstić information content (AvgIpc) is 2.03. The minimum atomic E-state index is 0. The third-order valence-electron chi connectivity index (χ3n) is 1.27. The molecule has 0 saturated heterocycles. The zero-order valence-electron chi connectivity index (χ0n) is 8.18. The van der Waals surface area contributed by atoms with E-state index < -0.39 is 0 Å². The lowest BCUT2D eigenvalue weighted by Gasteiger charge is -2.00. The van der Waals surface area contributed by atoms with Crippen molar-refractivity contribution >= 4 is 5.78 Å². The third-order valence-corrected chi connectivity index (χ3v) is 1.27. The molecule has 11 heavy (non-hydrogen) atoms. The Balaban J connectivity index is -0.000000249. The first-order valence-corrected chi connectivity index (χ1v) is 4.41. The molecule has 0 aromatic rings. The molecule has 0 aromatic carbocycles. The molecule has 0 rings (SSSR count). The van der Waals surface area contributed by atoms with Gasteiger partial charge in [0.25, 0.3) is 0 Å². The van der Waals surface area contributed by atoms with Crippen LogP contribution in [0.5, 0.6) is 0 Å². The Hall–Kier alpha value is -0.370. The van der Waals surface area contributed by atoms with Gasteiger partial charge in [0.1, 0.15) is 5.78 Å². The number of carbonyl (C=O) groups is 1. The SMILES string of the molecule is CC.CC(C)C(=O)CCCN.[HH]. The fourth-order valence-electron chi connectivity index (χ4n) is 0.565. The Kier molecular flexibility index (Phi) is 11.6. The van der Waals surface area contributed by atoms with Crippen molar-refractivity contribution in [3.05, 3.63) is 0 Å². The van der Waals surface area contributed by atoms with E-state index in [9.17, 15) is 4.79 Å². The molecular weight excluding hydrogens is 138 g/mol. The summed E-state index contributed by atoms with van der Waals surface area (Å²) in [5, 5.41) is 0. The van der Waals surface area contributed by atoms with Crippen molar-refractivity contribution in [3.8, 4) is 0 Å². The minimum absolute atomic E-state index is 0. The second-order valence-corrected chi connectivity index (χ2v) is 2.51. The largest absolute Gasteiger partial charge is 0.330 e. The number of Topliss-reactive ketones (excluding diaryl/α,β-unsaturated/α-hetero) is 1. The van der Waals surface area contributed by atoms with E-state index in [1.807, 2.05) is 27.7 Å². The van der Waals surface area contributed by atoms with Crippen molar-refractivity contribution < 1.29 is 6.22 Å². The van der Waals surface area contributed by atoms with Gasteiger partial charge in [0.2, 0.25) is 0 Å². The van der Waals surface area contributed by atoms with Crippen molar-refractivity contribution in [1.82, 2.24) is 0 Å². The van der Waals surface area contributed by atoms with Crippen LogP contribution < -0.4 is 5.73 Å². The number of hydrogen-bond donors (Lipinski definition) is 1. The van der Waals surface area contributed by atoms with Gasteiger partial charge in [-0.15, -0.1) is 0 Å². The van der Waals surface area contributed by atoms with Crippen LogP contribution in [0.25, 0.3) is 0 Å². The second kappa shape index (κ2) is 9.63. The normalized spacial score (nSPS) is 8.91. The molecule has 0 aliphatic carbocycles. The van der Waals surface area contributed by atoms with Crippen molar-refractivity contribution in [2.24, 2.45) is 11.7 Å². The van der Waals surface area contributed by atoms with Crippen molar-refractivity contribution in [1.29, 1.82) is 0 Å². The molecule has 0 aromatic heterocycles. The Bertz CT molecular complexity index is 94.5. The summed E-state index contributed by atoms with van der Waals surface area (Å²) in [7, 11) is 0. The molecule has 0 fully saturated rings. The van der Waals surface area contributed by atoms with Gasteiger partial charge >= 0.3 is 0 Å². The first-order chi connectivity index (χ1) is 5.18. The van der Waals surface area contributed by atoms with E-state index in [0.29, 0.717) is 18.7 Å². The van der Waals surface area contributed by atoms with Crippen LogP contribution in [0.2, 0.25) is 0 Å². The summed E-state index contributed by atoms with van der Waals surface area (Å²) < 4.78 is 0. The van der Waals surface area contributed by atoms with Gasteiger partial charge in [-0.2, -0.15) is 0 Å². The lowest BCUT2D eigenvalue weighted by atomic mass is 10.1. The molecular formula is C9H23NO. The highest BCUT2D eigenvalue weighted by molar-refractivity contribution is 5.80. The summed E-state index contributed by atoms with van der Waals surface area (Å²) in [4.78, 5) is 10.8. The molecule has 2 nitrogen and oxygen atoms in total. The highest BCUT2D eigenvalue weighted by atomic mass is 16.1. The van der Waals surface area contributed by atoms with Crippen LogP contribution in [0.1, 0.15) is 42.0 Å². The topological polar surface area (TPSA) is 43.1 Å². The molecule has 0 aliphatic rings. The van der Waals surface area contributed by atoms with Crippen LogP contribution in [0.3, 0.4) is 0 Å². The zero-order valence-corrected chi connectivity index (χ0v) is 8.18. The molecule has 0 aliphatic heterocycles. The number of nitrogens with two attached hydrogens (primary N) is 1. The summed E-state index contributed by atoms with van der Waals surface area (Å²) in [6.07, 6.45) is 1.48. The molecule has 2 heteroatoms. The fraction of sp³-hybridized carbons (Fsp3) is 0.889. The molecule has 0 amide bonds. The molecule has 0 spiro atoms. The van der Waals surface area contributed by atoms with Crippen molar-refractivity contribution in [3.63, 3.8) is 0 Å². The van der Waals surface area contributed by atoms with E-state index in [2.05, 4.69) is 0 Å². The van der Waals surface area contributed by atoms with Crippen LogP contribution >= 0.6 is 0 Å². The summed E-state index contributed by atoms with van der Waals surface area (Å²) >= 11 is 0. The van der Waals surface area contributed by atoms with Gasteiger partial charge in [-0.3, -0.25) is 4.79 Å². The van der Waals surface area contributed by atoms with Crippen molar-refractivity contribution in [2.75, 3.05) is 6.54 Å². The van der Waals surface area contributed by atoms with E-state index in [1.165, 1.54) is 0 Å². The highest BCUT2D eigenvalue weighted by Crippen LogP contribution is 1.99. The van der Waals surface area contributed by atoms with Gasteiger partial charge in [0.05, 0.1) is 0 Å². The predicted octanol–water partition coefficient (Wildman–Crippen LogP) is 2.22. The maximum atomic E-state index is 10.8. The minimum Gasteiger partial charge on any atom is -0.330 e. The van der Waals surface area contributed by atoms with E-state index in [-0.39, 0.29) is 7.34 Å². The van der Waals surface area contributed by atoms with Crippen LogP contribution in [0.4, 0.5) is 0 Å². The highest BCUT2D eigenvalue weighted by Gasteiger charge is 2.04. The number of rotatable bonds is 4.